The highest BCUT2D eigenvalue weighted by molar-refractivity contribution is 5.75. The van der Waals surface area contributed by atoms with Crippen LogP contribution in [0.25, 0.3) is 12.2 Å². The van der Waals surface area contributed by atoms with E-state index in [4.69, 9.17) is 9.47 Å². The number of phenols is 2. The third-order valence-electron chi connectivity index (χ3n) is 3.66. The van der Waals surface area contributed by atoms with Crippen molar-refractivity contribution < 1.29 is 29.9 Å². The monoisotopic (exact) mass is 332 g/mol. The normalized spacial score (nSPS) is 11.0. The van der Waals surface area contributed by atoms with Crippen LogP contribution >= 0.6 is 0 Å². The molecule has 0 aliphatic heterocycles. The van der Waals surface area contributed by atoms with Crippen molar-refractivity contribution in [3.8, 4) is 23.0 Å². The Bertz CT molecular complexity index is 726. The zero-order chi connectivity index (χ0) is 17.7. The van der Waals surface area contributed by atoms with Crippen LogP contribution in [0.4, 0.5) is 0 Å². The molecule has 2 aromatic carbocycles. The maximum Gasteiger partial charge on any atom is 0.164 e. The first-order valence-electron chi connectivity index (χ1n) is 7.23. The van der Waals surface area contributed by atoms with Gasteiger partial charge < -0.3 is 29.9 Å². The van der Waals surface area contributed by atoms with Crippen LogP contribution in [-0.2, 0) is 13.2 Å². The average Bonchev–Trinajstić information content (AvgIpc) is 2.60. The fraction of sp³-hybridized carbons (Fsp3) is 0.222. The summed E-state index contributed by atoms with van der Waals surface area (Å²) in [4.78, 5) is 0. The molecule has 0 radical (unpaired) electrons. The molecule has 6 heteroatoms. The molecule has 0 aliphatic rings. The van der Waals surface area contributed by atoms with Gasteiger partial charge >= 0.3 is 0 Å². The van der Waals surface area contributed by atoms with E-state index in [9.17, 15) is 20.4 Å². The van der Waals surface area contributed by atoms with E-state index in [-0.39, 0.29) is 30.5 Å². The van der Waals surface area contributed by atoms with Gasteiger partial charge in [0.05, 0.1) is 27.4 Å². The molecular formula is C18H20O6. The molecule has 6 nitrogen and oxygen atoms in total. The van der Waals surface area contributed by atoms with E-state index in [1.54, 1.807) is 24.3 Å². The molecule has 0 aromatic heterocycles. The summed E-state index contributed by atoms with van der Waals surface area (Å²) < 4.78 is 10.2. The lowest BCUT2D eigenvalue weighted by Gasteiger charge is -2.12. The van der Waals surface area contributed by atoms with Crippen LogP contribution in [0.5, 0.6) is 23.0 Å². The van der Waals surface area contributed by atoms with Gasteiger partial charge in [-0.25, -0.2) is 0 Å². The van der Waals surface area contributed by atoms with Crippen molar-refractivity contribution in [2.45, 2.75) is 13.2 Å². The summed E-state index contributed by atoms with van der Waals surface area (Å²) in [6.07, 6.45) is 3.31. The van der Waals surface area contributed by atoms with E-state index in [1.165, 1.54) is 26.4 Å². The number of rotatable bonds is 6. The highest BCUT2D eigenvalue weighted by Gasteiger charge is 2.10. The first-order chi connectivity index (χ1) is 11.5. The van der Waals surface area contributed by atoms with Gasteiger partial charge in [0.1, 0.15) is 11.5 Å². The second-order valence-corrected chi connectivity index (χ2v) is 5.09. The van der Waals surface area contributed by atoms with Crippen LogP contribution in [0.2, 0.25) is 0 Å². The topological polar surface area (TPSA) is 99.4 Å². The molecule has 0 saturated heterocycles. The molecule has 0 bridgehead atoms. The molecule has 0 heterocycles. The lowest BCUT2D eigenvalue weighted by molar-refractivity contribution is 0.254. The SMILES string of the molecule is COc1cc(O)c(C=Cc2cc(CO)c(CO)c(OC)c2)cc1O. The zero-order valence-electron chi connectivity index (χ0n) is 13.5. The van der Waals surface area contributed by atoms with Crippen molar-refractivity contribution in [2.24, 2.45) is 0 Å². The minimum atomic E-state index is -0.240. The maximum absolute atomic E-state index is 9.97. The lowest BCUT2D eigenvalue weighted by Crippen LogP contribution is -1.99. The standard InChI is InChI=1S/C18H20O6/c1-23-17-6-11(5-13(9-19)14(17)10-20)3-4-12-7-16(22)18(24-2)8-15(12)21/h3-8,19-22H,9-10H2,1-2H3. The Hall–Kier alpha value is -2.70. The molecule has 128 valence electrons. The van der Waals surface area contributed by atoms with E-state index in [2.05, 4.69) is 0 Å². The molecule has 2 aromatic rings. The second-order valence-electron chi connectivity index (χ2n) is 5.09. The van der Waals surface area contributed by atoms with Crippen molar-refractivity contribution in [1.29, 1.82) is 0 Å². The minimum Gasteiger partial charge on any atom is -0.507 e. The summed E-state index contributed by atoms with van der Waals surface area (Å²) in [6, 6.07) is 6.13. The summed E-state index contributed by atoms with van der Waals surface area (Å²) in [5.41, 5.74) is 2.20. The Morgan fingerprint density at radius 1 is 0.833 bits per heavy atom. The van der Waals surface area contributed by atoms with Gasteiger partial charge in [-0.15, -0.1) is 0 Å². The third-order valence-corrected chi connectivity index (χ3v) is 3.66. The van der Waals surface area contributed by atoms with Gasteiger partial charge in [0, 0.05) is 17.2 Å². The van der Waals surface area contributed by atoms with Gasteiger partial charge in [-0.05, 0) is 29.3 Å². The highest BCUT2D eigenvalue weighted by Crippen LogP contribution is 2.34. The number of benzene rings is 2. The Balaban J connectivity index is 2.41. The van der Waals surface area contributed by atoms with Gasteiger partial charge in [-0.1, -0.05) is 12.2 Å². The van der Waals surface area contributed by atoms with Gasteiger partial charge in [-0.2, -0.15) is 0 Å². The molecule has 0 atom stereocenters. The van der Waals surface area contributed by atoms with Crippen LogP contribution in [0.1, 0.15) is 22.3 Å². The predicted molar refractivity (Wildman–Crippen MR) is 90.1 cm³/mol. The Kier molecular flexibility index (Phi) is 5.68. The molecule has 0 unspecified atom stereocenters. The smallest absolute Gasteiger partial charge is 0.164 e. The minimum absolute atomic E-state index is 0.0396. The zero-order valence-corrected chi connectivity index (χ0v) is 13.5. The molecule has 4 N–H and O–H groups in total. The van der Waals surface area contributed by atoms with E-state index < -0.39 is 0 Å². The third kappa shape index (κ3) is 3.61. The van der Waals surface area contributed by atoms with Crippen molar-refractivity contribution in [2.75, 3.05) is 14.2 Å². The summed E-state index contributed by atoms with van der Waals surface area (Å²) in [6.45, 7) is -0.474. The summed E-state index contributed by atoms with van der Waals surface area (Å²) in [5.74, 6) is 0.521. The van der Waals surface area contributed by atoms with Crippen molar-refractivity contribution in [3.05, 3.63) is 46.5 Å². The van der Waals surface area contributed by atoms with Crippen LogP contribution in [0.3, 0.4) is 0 Å². The fourth-order valence-corrected chi connectivity index (χ4v) is 2.38. The second kappa shape index (κ2) is 7.72. The molecule has 0 aliphatic carbocycles. The van der Waals surface area contributed by atoms with Crippen LogP contribution < -0.4 is 9.47 Å². The Morgan fingerprint density at radius 3 is 2.12 bits per heavy atom. The number of hydrogen-bond donors (Lipinski definition) is 4. The number of aliphatic hydroxyl groups is 2. The summed E-state index contributed by atoms with van der Waals surface area (Å²) in [7, 11) is 2.88. The molecule has 0 fully saturated rings. The summed E-state index contributed by atoms with van der Waals surface area (Å²) in [5, 5.41) is 38.6. The van der Waals surface area contributed by atoms with E-state index in [0.717, 1.165) is 0 Å². The van der Waals surface area contributed by atoms with Crippen molar-refractivity contribution in [3.63, 3.8) is 0 Å². The Morgan fingerprint density at radius 2 is 1.54 bits per heavy atom. The van der Waals surface area contributed by atoms with Crippen molar-refractivity contribution in [1.82, 2.24) is 0 Å². The number of hydrogen-bond acceptors (Lipinski definition) is 6. The van der Waals surface area contributed by atoms with Gasteiger partial charge in [0.15, 0.2) is 11.5 Å². The lowest BCUT2D eigenvalue weighted by atomic mass is 10.0. The number of ether oxygens (including phenoxy) is 2. The first kappa shape index (κ1) is 17.7. The average molecular weight is 332 g/mol. The number of aliphatic hydroxyl groups excluding tert-OH is 2. The first-order valence-corrected chi connectivity index (χ1v) is 7.23. The number of phenolic OH excluding ortho intramolecular Hbond substituents is 2. The highest BCUT2D eigenvalue weighted by atomic mass is 16.5. The quantitative estimate of drug-likeness (QED) is 0.478. The van der Waals surface area contributed by atoms with Gasteiger partial charge in [-0.3, -0.25) is 0 Å². The van der Waals surface area contributed by atoms with Gasteiger partial charge in [0.2, 0.25) is 0 Å². The van der Waals surface area contributed by atoms with Crippen molar-refractivity contribution >= 4 is 12.2 Å². The largest absolute Gasteiger partial charge is 0.507 e. The van der Waals surface area contributed by atoms with E-state index in [1.807, 2.05) is 0 Å². The van der Waals surface area contributed by atoms with Crippen LogP contribution in [-0.4, -0.2) is 34.6 Å². The van der Waals surface area contributed by atoms with E-state index >= 15 is 0 Å². The maximum atomic E-state index is 9.97. The molecule has 0 saturated carbocycles. The molecular weight excluding hydrogens is 312 g/mol. The van der Waals surface area contributed by atoms with Crippen LogP contribution in [0.15, 0.2) is 24.3 Å². The number of aromatic hydroxyl groups is 2. The fourth-order valence-electron chi connectivity index (χ4n) is 2.38. The molecule has 0 amide bonds. The molecule has 0 spiro atoms. The molecule has 2 rings (SSSR count). The Labute approximate surface area is 139 Å². The van der Waals surface area contributed by atoms with E-state index in [0.29, 0.717) is 28.0 Å². The number of methoxy groups -OCH3 is 2. The van der Waals surface area contributed by atoms with Crippen LogP contribution in [0, 0.1) is 0 Å². The summed E-state index contributed by atoms with van der Waals surface area (Å²) >= 11 is 0. The molecule has 24 heavy (non-hydrogen) atoms. The van der Waals surface area contributed by atoms with Gasteiger partial charge in [0.25, 0.3) is 0 Å². The predicted octanol–water partition coefficient (Wildman–Crippen LogP) is 2.27.